The molecule has 32 heavy (non-hydrogen) atoms. The molecular weight excluding hydrogens is 400 g/mol. The van der Waals surface area contributed by atoms with Gasteiger partial charge in [0.05, 0.1) is 30.4 Å². The number of fused-ring (bicyclic) bond motifs is 1. The molecule has 2 aliphatic heterocycles. The Morgan fingerprint density at radius 1 is 1.00 bits per heavy atom. The van der Waals surface area contributed by atoms with Gasteiger partial charge in [-0.05, 0) is 75.7 Å². The van der Waals surface area contributed by atoms with E-state index in [2.05, 4.69) is 31.2 Å². The number of benzene rings is 1. The van der Waals surface area contributed by atoms with Crippen LogP contribution in [0.25, 0.3) is 10.9 Å². The molecule has 0 amide bonds. The molecular formula is C25H34N6O. The minimum absolute atomic E-state index is 0.439. The summed E-state index contributed by atoms with van der Waals surface area (Å²) in [6.07, 6.45) is 9.12. The molecule has 1 aliphatic carbocycles. The van der Waals surface area contributed by atoms with Crippen LogP contribution in [0.15, 0.2) is 24.5 Å². The minimum Gasteiger partial charge on any atom is -0.379 e. The van der Waals surface area contributed by atoms with E-state index in [0.717, 1.165) is 55.0 Å². The van der Waals surface area contributed by atoms with Gasteiger partial charge in [-0.15, -0.1) is 0 Å². The number of hydrogen-bond donors (Lipinski definition) is 1. The van der Waals surface area contributed by atoms with Crippen molar-refractivity contribution in [2.24, 2.45) is 5.92 Å². The van der Waals surface area contributed by atoms with Crippen LogP contribution in [0.4, 0.5) is 5.82 Å². The van der Waals surface area contributed by atoms with Crippen molar-refractivity contribution in [1.29, 1.82) is 5.26 Å². The van der Waals surface area contributed by atoms with E-state index in [1.807, 2.05) is 18.2 Å². The Hall–Kier alpha value is -2.27. The summed E-state index contributed by atoms with van der Waals surface area (Å²) in [4.78, 5) is 14.2. The highest BCUT2D eigenvalue weighted by Crippen LogP contribution is 2.30. The van der Waals surface area contributed by atoms with E-state index in [1.54, 1.807) is 6.33 Å². The third-order valence-corrected chi connectivity index (χ3v) is 7.59. The molecule has 170 valence electrons. The fourth-order valence-electron chi connectivity index (χ4n) is 5.67. The maximum atomic E-state index is 9.24. The fraction of sp³-hybridized carbons (Fsp3) is 0.640. The van der Waals surface area contributed by atoms with Gasteiger partial charge in [0.25, 0.3) is 0 Å². The van der Waals surface area contributed by atoms with Crippen LogP contribution < -0.4 is 5.32 Å². The summed E-state index contributed by atoms with van der Waals surface area (Å²) in [6, 6.07) is 9.00. The van der Waals surface area contributed by atoms with E-state index in [-0.39, 0.29) is 0 Å². The SMILES string of the molecule is N#Cc1ccc2ncnc(NC3CCC(N4CCC(CN5CCOCC5)CC4)CC3)c2c1. The highest BCUT2D eigenvalue weighted by Gasteiger charge is 2.30. The Morgan fingerprint density at radius 3 is 2.53 bits per heavy atom. The van der Waals surface area contributed by atoms with E-state index in [1.165, 1.54) is 58.2 Å². The number of likely N-dealkylation sites (tertiary alicyclic amines) is 1. The largest absolute Gasteiger partial charge is 0.379 e. The maximum absolute atomic E-state index is 9.24. The Morgan fingerprint density at radius 2 is 1.78 bits per heavy atom. The molecule has 2 aromatic rings. The van der Waals surface area contributed by atoms with Gasteiger partial charge in [-0.3, -0.25) is 4.90 Å². The Kier molecular flexibility index (Phi) is 6.82. The summed E-state index contributed by atoms with van der Waals surface area (Å²) in [5.74, 6) is 1.71. The number of piperidine rings is 1. The number of nitrogens with one attached hydrogen (secondary N) is 1. The summed E-state index contributed by atoms with van der Waals surface area (Å²) in [5.41, 5.74) is 1.53. The summed E-state index contributed by atoms with van der Waals surface area (Å²) in [6.45, 7) is 7.79. The first-order valence-electron chi connectivity index (χ1n) is 12.2. The smallest absolute Gasteiger partial charge is 0.137 e. The van der Waals surface area contributed by atoms with Gasteiger partial charge in [-0.1, -0.05) is 0 Å². The predicted octanol–water partition coefficient (Wildman–Crippen LogP) is 3.27. The van der Waals surface area contributed by atoms with Crippen molar-refractivity contribution in [2.75, 3.05) is 51.3 Å². The molecule has 0 atom stereocenters. The average molecular weight is 435 g/mol. The van der Waals surface area contributed by atoms with E-state index in [4.69, 9.17) is 4.74 Å². The first kappa shape index (κ1) is 21.6. The summed E-state index contributed by atoms with van der Waals surface area (Å²) in [7, 11) is 0. The molecule has 1 aromatic heterocycles. The molecule has 0 spiro atoms. The van der Waals surface area contributed by atoms with Gasteiger partial charge in [0.15, 0.2) is 0 Å². The Labute approximate surface area is 190 Å². The van der Waals surface area contributed by atoms with Crippen LogP contribution in [0, 0.1) is 17.2 Å². The van der Waals surface area contributed by atoms with Crippen molar-refractivity contribution in [3.05, 3.63) is 30.1 Å². The number of hydrogen-bond acceptors (Lipinski definition) is 7. The van der Waals surface area contributed by atoms with Crippen molar-refractivity contribution in [2.45, 2.75) is 50.6 Å². The molecule has 1 N–H and O–H groups in total. The average Bonchev–Trinajstić information content (AvgIpc) is 2.86. The third kappa shape index (κ3) is 5.03. The van der Waals surface area contributed by atoms with Crippen molar-refractivity contribution in [3.8, 4) is 6.07 Å². The second kappa shape index (κ2) is 10.1. The number of ether oxygens (including phenoxy) is 1. The van der Waals surface area contributed by atoms with Gasteiger partial charge >= 0.3 is 0 Å². The van der Waals surface area contributed by atoms with Crippen molar-refractivity contribution < 1.29 is 4.74 Å². The topological polar surface area (TPSA) is 77.3 Å². The Bertz CT molecular complexity index is 937. The molecule has 1 saturated carbocycles. The molecule has 1 aromatic carbocycles. The molecule has 7 heteroatoms. The number of aromatic nitrogens is 2. The van der Waals surface area contributed by atoms with Gasteiger partial charge in [-0.2, -0.15) is 5.26 Å². The zero-order valence-electron chi connectivity index (χ0n) is 18.9. The van der Waals surface area contributed by atoms with Crippen LogP contribution in [0.5, 0.6) is 0 Å². The highest BCUT2D eigenvalue weighted by molar-refractivity contribution is 5.89. The molecule has 0 unspecified atom stereocenters. The van der Waals surface area contributed by atoms with E-state index in [9.17, 15) is 5.26 Å². The number of anilines is 1. The van der Waals surface area contributed by atoms with Crippen LogP contribution in [-0.2, 0) is 4.74 Å². The quantitative estimate of drug-likeness (QED) is 0.774. The fourth-order valence-corrected chi connectivity index (χ4v) is 5.67. The summed E-state index contributed by atoms with van der Waals surface area (Å²) >= 11 is 0. The molecule has 0 bridgehead atoms. The lowest BCUT2D eigenvalue weighted by Gasteiger charge is -2.42. The molecule has 2 saturated heterocycles. The van der Waals surface area contributed by atoms with Crippen LogP contribution in [0.3, 0.4) is 0 Å². The number of nitriles is 1. The maximum Gasteiger partial charge on any atom is 0.137 e. The number of rotatable bonds is 5. The molecule has 5 rings (SSSR count). The first-order chi connectivity index (χ1) is 15.8. The standard InChI is InChI=1S/C25H34N6O/c26-16-20-1-6-24-23(15-20)25(28-18-27-24)29-21-2-4-22(5-3-21)31-9-7-19(8-10-31)17-30-11-13-32-14-12-30/h1,6,15,18-19,21-22H,2-5,7-14,17H2,(H,27,28,29). The molecule has 3 heterocycles. The van der Waals surface area contributed by atoms with Crippen LogP contribution in [0.2, 0.25) is 0 Å². The van der Waals surface area contributed by atoms with Gasteiger partial charge < -0.3 is 15.0 Å². The zero-order chi connectivity index (χ0) is 21.8. The molecule has 3 aliphatic rings. The minimum atomic E-state index is 0.439. The number of nitrogens with zero attached hydrogens (tertiary/aromatic N) is 5. The predicted molar refractivity (Wildman–Crippen MR) is 125 cm³/mol. The van der Waals surface area contributed by atoms with E-state index < -0.39 is 0 Å². The van der Waals surface area contributed by atoms with Crippen molar-refractivity contribution in [3.63, 3.8) is 0 Å². The molecule has 7 nitrogen and oxygen atoms in total. The van der Waals surface area contributed by atoms with Crippen LogP contribution >= 0.6 is 0 Å². The Balaban J connectivity index is 1.11. The lowest BCUT2D eigenvalue weighted by atomic mass is 9.87. The lowest BCUT2D eigenvalue weighted by molar-refractivity contribution is 0.0208. The highest BCUT2D eigenvalue weighted by atomic mass is 16.5. The third-order valence-electron chi connectivity index (χ3n) is 7.59. The second-order valence-electron chi connectivity index (χ2n) is 9.61. The normalized spacial score (nSPS) is 26.1. The summed E-state index contributed by atoms with van der Waals surface area (Å²) in [5, 5.41) is 13.8. The van der Waals surface area contributed by atoms with Crippen molar-refractivity contribution >= 4 is 16.7 Å². The number of morpholine rings is 1. The van der Waals surface area contributed by atoms with Gasteiger partial charge in [-0.25, -0.2) is 9.97 Å². The van der Waals surface area contributed by atoms with E-state index >= 15 is 0 Å². The second-order valence-corrected chi connectivity index (χ2v) is 9.61. The van der Waals surface area contributed by atoms with Gasteiger partial charge in [0.2, 0.25) is 0 Å². The molecule has 3 fully saturated rings. The first-order valence-corrected chi connectivity index (χ1v) is 12.2. The van der Waals surface area contributed by atoms with Gasteiger partial charge in [0, 0.05) is 37.1 Å². The van der Waals surface area contributed by atoms with Crippen LogP contribution in [0.1, 0.15) is 44.1 Å². The van der Waals surface area contributed by atoms with E-state index in [0.29, 0.717) is 11.6 Å². The monoisotopic (exact) mass is 434 g/mol. The lowest BCUT2D eigenvalue weighted by Crippen LogP contribution is -2.47. The van der Waals surface area contributed by atoms with Gasteiger partial charge in [0.1, 0.15) is 12.1 Å². The summed E-state index contributed by atoms with van der Waals surface area (Å²) < 4.78 is 5.49. The molecule has 0 radical (unpaired) electrons. The van der Waals surface area contributed by atoms with Crippen LogP contribution in [-0.4, -0.2) is 77.8 Å². The van der Waals surface area contributed by atoms with Crippen molar-refractivity contribution in [1.82, 2.24) is 19.8 Å². The zero-order valence-corrected chi connectivity index (χ0v) is 18.9.